The van der Waals surface area contributed by atoms with E-state index in [1.807, 2.05) is 54.6 Å². The molecule has 28 heavy (non-hydrogen) atoms. The summed E-state index contributed by atoms with van der Waals surface area (Å²) in [6.07, 6.45) is 0.777. The lowest BCUT2D eigenvalue weighted by molar-refractivity contribution is -0.151. The molecule has 4 atom stereocenters. The Bertz CT molecular complexity index is 1050. The molecule has 3 aromatic rings. The van der Waals surface area contributed by atoms with E-state index in [-0.39, 0.29) is 5.92 Å². The number of aliphatic hydroxyl groups excluding tert-OH is 1. The predicted octanol–water partition coefficient (Wildman–Crippen LogP) is 4.52. The highest BCUT2D eigenvalue weighted by atomic mass is 79.9. The van der Waals surface area contributed by atoms with Gasteiger partial charge in [0, 0.05) is 22.7 Å². The van der Waals surface area contributed by atoms with Crippen molar-refractivity contribution in [3.63, 3.8) is 0 Å². The van der Waals surface area contributed by atoms with Gasteiger partial charge in [-0.1, -0.05) is 70.0 Å². The second-order valence-electron chi connectivity index (χ2n) is 7.33. The number of fused-ring (bicyclic) bond motifs is 3. The average molecular weight is 459 g/mol. The van der Waals surface area contributed by atoms with Gasteiger partial charge in [-0.2, -0.15) is 0 Å². The molecule has 1 aromatic heterocycles. The molecule has 142 valence electrons. The molecule has 4 nitrogen and oxygen atoms in total. The van der Waals surface area contributed by atoms with E-state index in [0.29, 0.717) is 22.9 Å². The summed E-state index contributed by atoms with van der Waals surface area (Å²) in [6, 6.07) is 19.1. The molecule has 1 aliphatic heterocycles. The molecular weight excluding hydrogens is 442 g/mol. The van der Waals surface area contributed by atoms with Gasteiger partial charge in [0.05, 0.1) is 11.1 Å². The maximum Gasteiger partial charge on any atom is 0.180 e. The van der Waals surface area contributed by atoms with Crippen molar-refractivity contribution in [2.45, 2.75) is 29.6 Å². The number of aliphatic hydroxyl groups is 2. The number of aromatic nitrogens is 1. The number of hydrogen-bond donors (Lipinski definition) is 2. The highest BCUT2D eigenvalue weighted by Gasteiger charge is 2.73. The number of ether oxygens (including phenoxy) is 1. The number of nitrogens with zero attached hydrogens (tertiary/aromatic N) is 1. The third kappa shape index (κ3) is 2.28. The number of hydrogen-bond acceptors (Lipinski definition) is 4. The number of benzene rings is 2. The zero-order valence-corrected chi connectivity index (χ0v) is 17.1. The molecule has 1 fully saturated rings. The van der Waals surface area contributed by atoms with Crippen molar-refractivity contribution in [2.24, 2.45) is 0 Å². The van der Waals surface area contributed by atoms with Crippen LogP contribution in [0.25, 0.3) is 0 Å². The smallest absolute Gasteiger partial charge is 0.180 e. The standard InChI is InChI=1S/C22H17BrClNO3/c23-15-8-6-14(7-9-15)22-17(13-4-2-1-3-5-13)11-19(26)21(22,27)20-18(28-22)10-16(24)12-25-20/h1-10,12,17,19,26-27H,11H2/t17-,19?,21+,22?/m0/s1. The molecule has 0 spiro atoms. The van der Waals surface area contributed by atoms with Gasteiger partial charge in [0.15, 0.2) is 11.2 Å². The second-order valence-corrected chi connectivity index (χ2v) is 8.68. The van der Waals surface area contributed by atoms with Crippen LogP contribution in [0.1, 0.15) is 29.2 Å². The van der Waals surface area contributed by atoms with Crippen LogP contribution in [-0.2, 0) is 11.2 Å². The van der Waals surface area contributed by atoms with Crippen molar-refractivity contribution in [1.29, 1.82) is 0 Å². The first-order valence-corrected chi connectivity index (χ1v) is 10.2. The Labute approximate surface area is 175 Å². The Morgan fingerprint density at radius 2 is 1.82 bits per heavy atom. The molecule has 0 radical (unpaired) electrons. The van der Waals surface area contributed by atoms with E-state index in [9.17, 15) is 10.2 Å². The minimum atomic E-state index is -1.69. The van der Waals surface area contributed by atoms with Crippen LogP contribution in [0, 0.1) is 0 Å². The van der Waals surface area contributed by atoms with Gasteiger partial charge in [0.2, 0.25) is 0 Å². The summed E-state index contributed by atoms with van der Waals surface area (Å²) in [5.74, 6) is 0.125. The lowest BCUT2D eigenvalue weighted by Crippen LogP contribution is -2.52. The predicted molar refractivity (Wildman–Crippen MR) is 109 cm³/mol. The summed E-state index contributed by atoms with van der Waals surface area (Å²) in [5.41, 5.74) is -0.821. The fourth-order valence-corrected chi connectivity index (χ4v) is 5.16. The van der Waals surface area contributed by atoms with Crippen LogP contribution in [0.15, 0.2) is 71.3 Å². The van der Waals surface area contributed by atoms with Crippen molar-refractivity contribution in [2.75, 3.05) is 0 Å². The molecule has 2 aliphatic rings. The summed E-state index contributed by atoms with van der Waals surface area (Å²) in [4.78, 5) is 4.36. The zero-order valence-electron chi connectivity index (χ0n) is 14.7. The summed E-state index contributed by atoms with van der Waals surface area (Å²) in [6.45, 7) is 0. The molecule has 0 bridgehead atoms. The molecule has 2 heterocycles. The van der Waals surface area contributed by atoms with Gasteiger partial charge < -0.3 is 14.9 Å². The van der Waals surface area contributed by atoms with E-state index < -0.39 is 17.3 Å². The van der Waals surface area contributed by atoms with Gasteiger partial charge in [-0.15, -0.1) is 0 Å². The second kappa shape index (κ2) is 6.29. The quantitative estimate of drug-likeness (QED) is 0.593. The monoisotopic (exact) mass is 457 g/mol. The Kier molecular flexibility index (Phi) is 4.07. The van der Waals surface area contributed by atoms with E-state index in [1.165, 1.54) is 6.20 Å². The van der Waals surface area contributed by atoms with Crippen molar-refractivity contribution in [1.82, 2.24) is 4.98 Å². The van der Waals surface area contributed by atoms with Gasteiger partial charge in [0.1, 0.15) is 11.4 Å². The molecule has 6 heteroatoms. The first-order chi connectivity index (χ1) is 13.5. The summed E-state index contributed by atoms with van der Waals surface area (Å²) < 4.78 is 7.41. The topological polar surface area (TPSA) is 62.6 Å². The molecular formula is C22H17BrClNO3. The van der Waals surface area contributed by atoms with Gasteiger partial charge in [0.25, 0.3) is 0 Å². The maximum atomic E-state index is 12.0. The van der Waals surface area contributed by atoms with Crippen LogP contribution < -0.4 is 4.74 Å². The largest absolute Gasteiger partial charge is 0.476 e. The van der Waals surface area contributed by atoms with Crippen LogP contribution in [-0.4, -0.2) is 21.3 Å². The zero-order chi connectivity index (χ0) is 19.5. The van der Waals surface area contributed by atoms with Crippen LogP contribution in [0.4, 0.5) is 0 Å². The molecule has 0 saturated heterocycles. The van der Waals surface area contributed by atoms with Crippen LogP contribution in [0.5, 0.6) is 5.75 Å². The number of halogens is 2. The van der Waals surface area contributed by atoms with Crippen molar-refractivity contribution in [3.8, 4) is 5.75 Å². The van der Waals surface area contributed by atoms with E-state index in [0.717, 1.165) is 15.6 Å². The minimum Gasteiger partial charge on any atom is -0.476 e. The molecule has 5 rings (SSSR count). The maximum absolute atomic E-state index is 12.0. The fourth-order valence-electron chi connectivity index (χ4n) is 4.75. The third-order valence-electron chi connectivity index (χ3n) is 5.92. The molecule has 1 saturated carbocycles. The van der Waals surface area contributed by atoms with E-state index in [4.69, 9.17) is 16.3 Å². The average Bonchev–Trinajstić information content (AvgIpc) is 3.09. The first-order valence-electron chi connectivity index (χ1n) is 9.03. The van der Waals surface area contributed by atoms with Crippen molar-refractivity contribution >= 4 is 27.5 Å². The normalized spacial score (nSPS) is 30.6. The fraction of sp³-hybridized carbons (Fsp3) is 0.227. The molecule has 1 aliphatic carbocycles. The first kappa shape index (κ1) is 18.1. The lowest BCUT2D eigenvalue weighted by atomic mass is 9.72. The summed E-state index contributed by atoms with van der Waals surface area (Å²) in [5, 5.41) is 23.4. The Balaban J connectivity index is 1.80. The Morgan fingerprint density at radius 1 is 1.11 bits per heavy atom. The van der Waals surface area contributed by atoms with Gasteiger partial charge in [-0.05, 0) is 29.7 Å². The van der Waals surface area contributed by atoms with E-state index in [1.54, 1.807) is 6.07 Å². The highest BCUT2D eigenvalue weighted by Crippen LogP contribution is 2.66. The SMILES string of the molecule is OC1C[C@@H](c2ccccc2)C2(c3ccc(Br)cc3)Oc3cc(Cl)cnc3[C@]12O. The Morgan fingerprint density at radius 3 is 2.54 bits per heavy atom. The van der Waals surface area contributed by atoms with E-state index >= 15 is 0 Å². The summed E-state index contributed by atoms with van der Waals surface area (Å²) >= 11 is 9.60. The molecule has 2 N–H and O–H groups in total. The summed E-state index contributed by atoms with van der Waals surface area (Å²) in [7, 11) is 0. The third-order valence-corrected chi connectivity index (χ3v) is 6.66. The van der Waals surface area contributed by atoms with Crippen molar-refractivity contribution < 1.29 is 14.9 Å². The highest BCUT2D eigenvalue weighted by molar-refractivity contribution is 9.10. The Hall–Kier alpha value is -1.92. The van der Waals surface area contributed by atoms with Gasteiger partial charge in [-0.25, -0.2) is 0 Å². The number of rotatable bonds is 2. The molecule has 2 aromatic carbocycles. The van der Waals surface area contributed by atoms with Gasteiger partial charge in [-0.3, -0.25) is 4.98 Å². The van der Waals surface area contributed by atoms with E-state index in [2.05, 4.69) is 20.9 Å². The minimum absolute atomic E-state index is 0.275. The van der Waals surface area contributed by atoms with Crippen molar-refractivity contribution in [3.05, 3.63) is 93.2 Å². The van der Waals surface area contributed by atoms with Gasteiger partial charge >= 0.3 is 0 Å². The van der Waals surface area contributed by atoms with Crippen LogP contribution in [0.2, 0.25) is 5.02 Å². The van der Waals surface area contributed by atoms with Crippen LogP contribution in [0.3, 0.4) is 0 Å². The lowest BCUT2D eigenvalue weighted by Gasteiger charge is -2.40. The van der Waals surface area contributed by atoms with Crippen LogP contribution >= 0.6 is 27.5 Å². The molecule has 2 unspecified atom stereocenters. The number of pyridine rings is 1. The molecule has 0 amide bonds.